The standard InChI is InChI=1S/C35H39F2N7O5S/c1-3-24(45)40-19-16-44(10-13-48-17-19)30-21-15-39-27(20-4-5-22(36)31-29(20)42-33(38)50-31)26(37)28(21)41-32-25(30)34(2,46)14-23(49-32)35(6-7-35)18-43-8-11-47-12-9-43/h3-5,15,19,23,46H,1,6-14,16-18H2,2H3,(H2,38,42)(H,40,45)/t19-,23-,34-/m0/s1. The molecule has 15 heteroatoms. The van der Waals surface area contributed by atoms with Crippen LogP contribution in [0.4, 0.5) is 19.6 Å². The molecule has 4 aromatic rings. The number of pyridine rings is 2. The van der Waals surface area contributed by atoms with Gasteiger partial charge < -0.3 is 35.3 Å². The zero-order valence-corrected chi connectivity index (χ0v) is 28.5. The number of ether oxygens (including phenoxy) is 3. The number of rotatable bonds is 7. The van der Waals surface area contributed by atoms with Gasteiger partial charge in [0.2, 0.25) is 11.8 Å². The third kappa shape index (κ3) is 5.84. The second kappa shape index (κ2) is 12.6. The largest absolute Gasteiger partial charge is 0.473 e. The Balaban J connectivity index is 1.28. The van der Waals surface area contributed by atoms with Gasteiger partial charge in [0.05, 0.1) is 59.5 Å². The summed E-state index contributed by atoms with van der Waals surface area (Å²) in [6.45, 7) is 10.4. The predicted molar refractivity (Wildman–Crippen MR) is 185 cm³/mol. The van der Waals surface area contributed by atoms with E-state index in [1.807, 2.05) is 4.90 Å². The number of nitrogens with two attached hydrogens (primary N) is 1. The van der Waals surface area contributed by atoms with Gasteiger partial charge in [-0.15, -0.1) is 0 Å². The van der Waals surface area contributed by atoms with Crippen molar-refractivity contribution in [2.75, 3.05) is 69.8 Å². The highest BCUT2D eigenvalue weighted by atomic mass is 32.1. The molecule has 0 spiro atoms. The van der Waals surface area contributed by atoms with Crippen molar-refractivity contribution in [3.8, 4) is 17.1 Å². The monoisotopic (exact) mass is 707 g/mol. The third-order valence-corrected chi connectivity index (χ3v) is 11.3. The lowest BCUT2D eigenvalue weighted by molar-refractivity contribution is -0.117. The smallest absolute Gasteiger partial charge is 0.243 e. The van der Waals surface area contributed by atoms with Crippen molar-refractivity contribution in [3.63, 3.8) is 0 Å². The van der Waals surface area contributed by atoms with E-state index in [2.05, 4.69) is 26.8 Å². The Morgan fingerprint density at radius 1 is 1.18 bits per heavy atom. The summed E-state index contributed by atoms with van der Waals surface area (Å²) in [7, 11) is 0. The number of halogens is 2. The fourth-order valence-corrected chi connectivity index (χ4v) is 8.48. The molecule has 3 fully saturated rings. The molecule has 1 aromatic carbocycles. The van der Waals surface area contributed by atoms with E-state index in [1.165, 1.54) is 24.4 Å². The summed E-state index contributed by atoms with van der Waals surface area (Å²) >= 11 is 0.978. The molecule has 6 heterocycles. The van der Waals surface area contributed by atoms with Crippen LogP contribution in [0.3, 0.4) is 0 Å². The Hall–Kier alpha value is -4.02. The van der Waals surface area contributed by atoms with Gasteiger partial charge in [0.1, 0.15) is 23.1 Å². The van der Waals surface area contributed by atoms with Crippen LogP contribution >= 0.6 is 11.3 Å². The predicted octanol–water partition coefficient (Wildman–Crippen LogP) is 3.75. The number of aliphatic hydroxyl groups is 1. The lowest BCUT2D eigenvalue weighted by atomic mass is 9.80. The minimum Gasteiger partial charge on any atom is -0.473 e. The Morgan fingerprint density at radius 2 is 1.96 bits per heavy atom. The SMILES string of the molecule is C=CC(=O)N[C@@H]1COCCN(c2c3c(nc4c(F)c(-c5ccc(F)c6sc(N)nc56)ncc24)O[C@H](C2(CN4CCOCC4)CC2)C[C@]3(C)O)C1. The van der Waals surface area contributed by atoms with E-state index < -0.39 is 23.3 Å². The van der Waals surface area contributed by atoms with Gasteiger partial charge in [0.25, 0.3) is 0 Å². The highest BCUT2D eigenvalue weighted by Gasteiger charge is 2.56. The van der Waals surface area contributed by atoms with Gasteiger partial charge >= 0.3 is 0 Å². The Labute approximate surface area is 291 Å². The number of nitrogens with one attached hydrogen (secondary N) is 1. The first-order valence-corrected chi connectivity index (χ1v) is 17.7. The first-order chi connectivity index (χ1) is 24.1. The number of hydrogen-bond acceptors (Lipinski definition) is 12. The average Bonchev–Trinajstić information content (AvgIpc) is 3.82. The molecule has 4 aliphatic rings. The maximum absolute atomic E-state index is 17.0. The summed E-state index contributed by atoms with van der Waals surface area (Å²) < 4.78 is 50.1. The first kappa shape index (κ1) is 33.1. The molecule has 8 rings (SSSR count). The molecular weight excluding hydrogens is 668 g/mol. The molecule has 0 unspecified atom stereocenters. The Bertz CT molecular complexity index is 2000. The van der Waals surface area contributed by atoms with Crippen molar-refractivity contribution >= 4 is 49.2 Å². The number of benzene rings is 1. The van der Waals surface area contributed by atoms with Crippen molar-refractivity contribution in [1.82, 2.24) is 25.2 Å². The van der Waals surface area contributed by atoms with Crippen LogP contribution in [0, 0.1) is 17.0 Å². The fraction of sp³-hybridized carbons (Fsp3) is 0.486. The topological polar surface area (TPSA) is 148 Å². The molecule has 1 saturated carbocycles. The van der Waals surface area contributed by atoms with Crippen molar-refractivity contribution < 1.29 is 32.9 Å². The van der Waals surface area contributed by atoms with Gasteiger partial charge in [-0.05, 0) is 38.0 Å². The van der Waals surface area contributed by atoms with Crippen molar-refractivity contribution in [2.45, 2.75) is 43.9 Å². The normalized spacial score (nSPS) is 25.2. The summed E-state index contributed by atoms with van der Waals surface area (Å²) in [4.78, 5) is 30.3. The molecule has 4 N–H and O–H groups in total. The first-order valence-electron chi connectivity index (χ1n) is 16.9. The summed E-state index contributed by atoms with van der Waals surface area (Å²) in [5, 5.41) is 15.8. The van der Waals surface area contributed by atoms with Crippen LogP contribution in [-0.2, 0) is 19.9 Å². The van der Waals surface area contributed by atoms with Crippen molar-refractivity contribution in [1.29, 1.82) is 0 Å². The van der Waals surface area contributed by atoms with E-state index >= 15 is 4.39 Å². The van der Waals surface area contributed by atoms with Gasteiger partial charge in [0, 0.05) is 61.7 Å². The molecule has 3 atom stereocenters. The number of nitrogens with zero attached hydrogens (tertiary/aromatic N) is 5. The van der Waals surface area contributed by atoms with E-state index in [1.54, 1.807) is 6.92 Å². The number of anilines is 2. The molecule has 3 aliphatic heterocycles. The maximum Gasteiger partial charge on any atom is 0.243 e. The van der Waals surface area contributed by atoms with E-state index in [-0.39, 0.29) is 62.0 Å². The van der Waals surface area contributed by atoms with Crippen LogP contribution in [0.25, 0.3) is 32.4 Å². The Morgan fingerprint density at radius 3 is 2.72 bits per heavy atom. The molecule has 12 nitrogen and oxygen atoms in total. The maximum atomic E-state index is 17.0. The molecule has 50 heavy (non-hydrogen) atoms. The number of fused-ring (bicyclic) bond motifs is 3. The van der Waals surface area contributed by atoms with Crippen LogP contribution < -0.4 is 20.7 Å². The number of amides is 1. The lowest BCUT2D eigenvalue weighted by Gasteiger charge is -2.43. The van der Waals surface area contributed by atoms with Crippen molar-refractivity contribution in [2.24, 2.45) is 5.41 Å². The second-order valence-electron chi connectivity index (χ2n) is 13.9. The van der Waals surface area contributed by atoms with E-state index in [0.717, 1.165) is 43.8 Å². The zero-order valence-electron chi connectivity index (χ0n) is 27.7. The average molecular weight is 708 g/mol. The van der Waals surface area contributed by atoms with Crippen molar-refractivity contribution in [3.05, 3.63) is 48.2 Å². The number of carbonyl (C=O) groups excluding carboxylic acids is 1. The molecule has 0 radical (unpaired) electrons. The van der Waals surface area contributed by atoms with Crippen LogP contribution in [-0.4, -0.2) is 102 Å². The molecule has 264 valence electrons. The number of carbonyl (C=O) groups is 1. The van der Waals surface area contributed by atoms with E-state index in [0.29, 0.717) is 56.0 Å². The van der Waals surface area contributed by atoms with Gasteiger partial charge in [0.15, 0.2) is 10.9 Å². The second-order valence-corrected chi connectivity index (χ2v) is 14.9. The third-order valence-electron chi connectivity index (χ3n) is 10.4. The Kier molecular flexibility index (Phi) is 8.38. The van der Waals surface area contributed by atoms with Gasteiger partial charge in [-0.1, -0.05) is 17.9 Å². The van der Waals surface area contributed by atoms with E-state index in [9.17, 15) is 14.3 Å². The van der Waals surface area contributed by atoms with Gasteiger partial charge in [-0.25, -0.2) is 18.7 Å². The number of nitrogen functional groups attached to an aromatic ring is 1. The molecular formula is C35H39F2N7O5S. The highest BCUT2D eigenvalue weighted by molar-refractivity contribution is 7.22. The quantitative estimate of drug-likeness (QED) is 0.241. The summed E-state index contributed by atoms with van der Waals surface area (Å²) in [6, 6.07) is 2.26. The van der Waals surface area contributed by atoms with Crippen LogP contribution in [0.15, 0.2) is 31.0 Å². The summed E-state index contributed by atoms with van der Waals surface area (Å²) in [5.74, 6) is -1.45. The minimum atomic E-state index is -1.40. The number of aromatic nitrogens is 3. The summed E-state index contributed by atoms with van der Waals surface area (Å²) in [5.41, 5.74) is 5.69. The van der Waals surface area contributed by atoms with Gasteiger partial charge in [-0.2, -0.15) is 0 Å². The van der Waals surface area contributed by atoms with Crippen LogP contribution in [0.2, 0.25) is 0 Å². The highest BCUT2D eigenvalue weighted by Crippen LogP contribution is 2.57. The summed E-state index contributed by atoms with van der Waals surface area (Å²) in [6.07, 6.45) is 4.55. The fourth-order valence-electron chi connectivity index (χ4n) is 7.71. The van der Waals surface area contributed by atoms with Gasteiger partial charge in [-0.3, -0.25) is 14.7 Å². The molecule has 3 aromatic heterocycles. The number of morpholine rings is 1. The molecule has 0 bridgehead atoms. The molecule has 1 amide bonds. The molecule has 1 aliphatic carbocycles. The van der Waals surface area contributed by atoms with Crippen LogP contribution in [0.1, 0.15) is 31.7 Å². The number of thiazole rings is 1. The molecule has 2 saturated heterocycles. The van der Waals surface area contributed by atoms with Crippen LogP contribution in [0.5, 0.6) is 5.88 Å². The lowest BCUT2D eigenvalue weighted by Crippen LogP contribution is -2.49. The zero-order chi connectivity index (χ0) is 34.8. The minimum absolute atomic E-state index is 0.0178. The van der Waals surface area contributed by atoms with E-state index in [4.69, 9.17) is 24.9 Å². The number of hydrogen-bond donors (Lipinski definition) is 3.